The summed E-state index contributed by atoms with van der Waals surface area (Å²) in [6, 6.07) is 0.317. The van der Waals surface area contributed by atoms with Crippen molar-refractivity contribution in [2.45, 2.75) is 46.6 Å². The summed E-state index contributed by atoms with van der Waals surface area (Å²) < 4.78 is 5.23. The highest BCUT2D eigenvalue weighted by Gasteiger charge is 2.16. The lowest BCUT2D eigenvalue weighted by Crippen LogP contribution is -2.40. The van der Waals surface area contributed by atoms with Crippen LogP contribution in [0.4, 0.5) is 0 Å². The zero-order valence-electron chi connectivity index (χ0n) is 9.88. The molecular weight excluding hydrogens is 178 g/mol. The summed E-state index contributed by atoms with van der Waals surface area (Å²) in [5.74, 6) is 0.107. The van der Waals surface area contributed by atoms with Crippen molar-refractivity contribution < 1.29 is 9.53 Å². The number of hydrogen-bond donors (Lipinski definition) is 0. The SMILES string of the molecule is CCCOCC(=O)N(CC)C(C)CC. The van der Waals surface area contributed by atoms with Crippen LogP contribution in [0, 0.1) is 0 Å². The maximum atomic E-state index is 11.7. The first-order chi connectivity index (χ1) is 6.67. The van der Waals surface area contributed by atoms with E-state index in [9.17, 15) is 4.79 Å². The average Bonchev–Trinajstić information content (AvgIpc) is 2.19. The highest BCUT2D eigenvalue weighted by molar-refractivity contribution is 5.77. The topological polar surface area (TPSA) is 29.5 Å². The molecule has 0 N–H and O–H groups in total. The number of hydrogen-bond acceptors (Lipinski definition) is 2. The van der Waals surface area contributed by atoms with Gasteiger partial charge < -0.3 is 9.64 Å². The Labute approximate surface area is 87.4 Å². The number of likely N-dealkylation sites (N-methyl/N-ethyl adjacent to an activating group) is 1. The molecule has 0 aliphatic heterocycles. The first kappa shape index (κ1) is 13.4. The molecule has 0 aliphatic rings. The van der Waals surface area contributed by atoms with Crippen molar-refractivity contribution in [3.63, 3.8) is 0 Å². The van der Waals surface area contributed by atoms with Crippen molar-refractivity contribution >= 4 is 5.91 Å². The number of amides is 1. The van der Waals surface area contributed by atoms with Gasteiger partial charge in [-0.2, -0.15) is 0 Å². The lowest BCUT2D eigenvalue weighted by atomic mass is 10.2. The molecule has 0 saturated heterocycles. The molecule has 1 atom stereocenters. The summed E-state index contributed by atoms with van der Waals surface area (Å²) in [5, 5.41) is 0. The smallest absolute Gasteiger partial charge is 0.248 e. The van der Waals surface area contributed by atoms with Gasteiger partial charge in [0.05, 0.1) is 0 Å². The van der Waals surface area contributed by atoms with Crippen LogP contribution in [0.2, 0.25) is 0 Å². The van der Waals surface area contributed by atoms with Gasteiger partial charge in [0.15, 0.2) is 0 Å². The largest absolute Gasteiger partial charge is 0.372 e. The molecule has 0 aromatic carbocycles. The number of carbonyl (C=O) groups excluding carboxylic acids is 1. The van der Waals surface area contributed by atoms with E-state index in [2.05, 4.69) is 13.8 Å². The molecule has 0 rings (SSSR count). The van der Waals surface area contributed by atoms with E-state index in [1.165, 1.54) is 0 Å². The van der Waals surface area contributed by atoms with E-state index >= 15 is 0 Å². The lowest BCUT2D eigenvalue weighted by Gasteiger charge is -2.27. The first-order valence-electron chi connectivity index (χ1n) is 5.54. The highest BCUT2D eigenvalue weighted by Crippen LogP contribution is 2.03. The molecule has 0 aromatic heterocycles. The molecule has 0 heterocycles. The molecule has 1 unspecified atom stereocenters. The molecule has 0 saturated carbocycles. The summed E-state index contributed by atoms with van der Waals surface area (Å²) in [6.45, 7) is 9.87. The van der Waals surface area contributed by atoms with Crippen molar-refractivity contribution in [1.82, 2.24) is 4.90 Å². The van der Waals surface area contributed by atoms with Crippen molar-refractivity contribution in [2.75, 3.05) is 19.8 Å². The zero-order valence-corrected chi connectivity index (χ0v) is 9.88. The van der Waals surface area contributed by atoms with Gasteiger partial charge in [-0.3, -0.25) is 4.79 Å². The summed E-state index contributed by atoms with van der Waals surface area (Å²) in [6.07, 6.45) is 1.95. The number of rotatable bonds is 7. The quantitative estimate of drug-likeness (QED) is 0.590. The van der Waals surface area contributed by atoms with Crippen LogP contribution in [-0.2, 0) is 9.53 Å². The minimum absolute atomic E-state index is 0.107. The van der Waals surface area contributed by atoms with Crippen LogP contribution >= 0.6 is 0 Å². The van der Waals surface area contributed by atoms with Crippen molar-refractivity contribution in [3.05, 3.63) is 0 Å². The minimum Gasteiger partial charge on any atom is -0.372 e. The van der Waals surface area contributed by atoms with Gasteiger partial charge in [0.1, 0.15) is 6.61 Å². The normalized spacial score (nSPS) is 12.6. The molecule has 3 heteroatoms. The van der Waals surface area contributed by atoms with Crippen LogP contribution < -0.4 is 0 Å². The molecule has 84 valence electrons. The Hall–Kier alpha value is -0.570. The van der Waals surface area contributed by atoms with Crippen molar-refractivity contribution in [2.24, 2.45) is 0 Å². The predicted octanol–water partition coefficient (Wildman–Crippen LogP) is 2.06. The first-order valence-corrected chi connectivity index (χ1v) is 5.54. The summed E-state index contributed by atoms with van der Waals surface area (Å²) in [7, 11) is 0. The van der Waals surface area contributed by atoms with Crippen LogP contribution in [0.1, 0.15) is 40.5 Å². The number of carbonyl (C=O) groups is 1. The molecule has 0 fully saturated rings. The van der Waals surface area contributed by atoms with E-state index in [1.807, 2.05) is 18.7 Å². The minimum atomic E-state index is 0.107. The number of nitrogens with zero attached hydrogens (tertiary/aromatic N) is 1. The standard InChI is InChI=1S/C11H23NO2/c1-5-8-14-9-11(13)12(7-3)10(4)6-2/h10H,5-9H2,1-4H3. The third-order valence-corrected chi connectivity index (χ3v) is 2.36. The maximum absolute atomic E-state index is 11.7. The zero-order chi connectivity index (χ0) is 11.0. The Balaban J connectivity index is 3.91. The van der Waals surface area contributed by atoms with Gasteiger partial charge in [-0.15, -0.1) is 0 Å². The second-order valence-corrected chi connectivity index (χ2v) is 3.49. The molecule has 0 spiro atoms. The Morgan fingerprint density at radius 3 is 2.43 bits per heavy atom. The molecule has 0 aromatic rings. The fourth-order valence-corrected chi connectivity index (χ4v) is 1.34. The summed E-state index contributed by atoms with van der Waals surface area (Å²) >= 11 is 0. The van der Waals surface area contributed by atoms with Crippen LogP contribution in [0.5, 0.6) is 0 Å². The Kier molecular flexibility index (Phi) is 7.48. The third kappa shape index (κ3) is 4.61. The van der Waals surface area contributed by atoms with Crippen LogP contribution in [0.3, 0.4) is 0 Å². The molecule has 0 bridgehead atoms. The van der Waals surface area contributed by atoms with Gasteiger partial charge in [0.25, 0.3) is 0 Å². The molecule has 0 radical (unpaired) electrons. The fraction of sp³-hybridized carbons (Fsp3) is 0.909. The highest BCUT2D eigenvalue weighted by atomic mass is 16.5. The molecular formula is C11H23NO2. The van der Waals surface area contributed by atoms with Crippen LogP contribution in [0.25, 0.3) is 0 Å². The predicted molar refractivity (Wildman–Crippen MR) is 58.3 cm³/mol. The Morgan fingerprint density at radius 2 is 2.00 bits per heavy atom. The van der Waals surface area contributed by atoms with Gasteiger partial charge in [-0.05, 0) is 26.7 Å². The second-order valence-electron chi connectivity index (χ2n) is 3.49. The van der Waals surface area contributed by atoms with E-state index in [0.717, 1.165) is 19.4 Å². The van der Waals surface area contributed by atoms with Gasteiger partial charge in [0.2, 0.25) is 5.91 Å². The molecule has 1 amide bonds. The Bertz CT molecular complexity index is 159. The van der Waals surface area contributed by atoms with Gasteiger partial charge >= 0.3 is 0 Å². The van der Waals surface area contributed by atoms with Crippen LogP contribution in [-0.4, -0.2) is 36.6 Å². The molecule has 0 aliphatic carbocycles. The van der Waals surface area contributed by atoms with E-state index in [-0.39, 0.29) is 12.5 Å². The third-order valence-electron chi connectivity index (χ3n) is 2.36. The van der Waals surface area contributed by atoms with E-state index in [1.54, 1.807) is 0 Å². The van der Waals surface area contributed by atoms with E-state index in [0.29, 0.717) is 12.6 Å². The summed E-state index contributed by atoms with van der Waals surface area (Å²) in [4.78, 5) is 13.5. The fourth-order valence-electron chi connectivity index (χ4n) is 1.34. The van der Waals surface area contributed by atoms with Gasteiger partial charge in [-0.1, -0.05) is 13.8 Å². The van der Waals surface area contributed by atoms with E-state index < -0.39 is 0 Å². The monoisotopic (exact) mass is 201 g/mol. The molecule has 3 nitrogen and oxygen atoms in total. The molecule has 14 heavy (non-hydrogen) atoms. The van der Waals surface area contributed by atoms with E-state index in [4.69, 9.17) is 4.74 Å². The van der Waals surface area contributed by atoms with Gasteiger partial charge in [-0.25, -0.2) is 0 Å². The second kappa shape index (κ2) is 7.80. The summed E-state index contributed by atoms with van der Waals surface area (Å²) in [5.41, 5.74) is 0. The van der Waals surface area contributed by atoms with Gasteiger partial charge in [0, 0.05) is 19.2 Å². The number of ether oxygens (including phenoxy) is 1. The van der Waals surface area contributed by atoms with Crippen molar-refractivity contribution in [1.29, 1.82) is 0 Å². The van der Waals surface area contributed by atoms with Crippen molar-refractivity contribution in [3.8, 4) is 0 Å². The average molecular weight is 201 g/mol. The Morgan fingerprint density at radius 1 is 1.36 bits per heavy atom. The lowest BCUT2D eigenvalue weighted by molar-refractivity contribution is -0.138. The maximum Gasteiger partial charge on any atom is 0.248 e. The van der Waals surface area contributed by atoms with Crippen LogP contribution in [0.15, 0.2) is 0 Å².